The van der Waals surface area contributed by atoms with Crippen molar-refractivity contribution < 1.29 is 0 Å². The van der Waals surface area contributed by atoms with Crippen LogP contribution in [0.2, 0.25) is 0 Å². The summed E-state index contributed by atoms with van der Waals surface area (Å²) >= 11 is 1.66. The van der Waals surface area contributed by atoms with Crippen LogP contribution in [-0.4, -0.2) is 27.5 Å². The maximum absolute atomic E-state index is 4.48. The molecule has 4 nitrogen and oxygen atoms in total. The highest BCUT2D eigenvalue weighted by Gasteiger charge is 2.16. The molecule has 1 saturated heterocycles. The van der Waals surface area contributed by atoms with Gasteiger partial charge >= 0.3 is 0 Å². The summed E-state index contributed by atoms with van der Waals surface area (Å²) in [6, 6.07) is 0.602. The highest BCUT2D eigenvalue weighted by atomic mass is 32.1. The van der Waals surface area contributed by atoms with Gasteiger partial charge in [0.05, 0.1) is 5.01 Å². The third-order valence-electron chi connectivity index (χ3n) is 2.68. The summed E-state index contributed by atoms with van der Waals surface area (Å²) in [7, 11) is 0. The molecular formula is C10H12N4S. The lowest BCUT2D eigenvalue weighted by molar-refractivity contribution is 0.602. The van der Waals surface area contributed by atoms with E-state index in [1.165, 1.54) is 12.8 Å². The zero-order valence-electron chi connectivity index (χ0n) is 8.31. The van der Waals surface area contributed by atoms with E-state index in [9.17, 15) is 0 Å². The van der Waals surface area contributed by atoms with Crippen molar-refractivity contribution in [3.63, 3.8) is 0 Å². The summed E-state index contributed by atoms with van der Waals surface area (Å²) in [4.78, 5) is 13.9. The fourth-order valence-corrected chi connectivity index (χ4v) is 2.89. The van der Waals surface area contributed by atoms with Crippen molar-refractivity contribution >= 4 is 21.8 Å². The smallest absolute Gasteiger partial charge is 0.189 e. The van der Waals surface area contributed by atoms with Crippen LogP contribution in [0, 0.1) is 0 Å². The van der Waals surface area contributed by atoms with Crippen molar-refractivity contribution in [3.05, 3.63) is 17.4 Å². The molecular weight excluding hydrogens is 208 g/mol. The molecule has 0 radical (unpaired) electrons. The minimum atomic E-state index is 0.602. The van der Waals surface area contributed by atoms with Gasteiger partial charge in [0, 0.05) is 24.9 Å². The zero-order valence-corrected chi connectivity index (χ0v) is 9.13. The molecule has 1 unspecified atom stereocenters. The van der Waals surface area contributed by atoms with Crippen molar-refractivity contribution in [1.29, 1.82) is 0 Å². The van der Waals surface area contributed by atoms with Crippen LogP contribution in [0.3, 0.4) is 0 Å². The van der Waals surface area contributed by atoms with Gasteiger partial charge in [-0.15, -0.1) is 0 Å². The second-order valence-electron chi connectivity index (χ2n) is 3.79. The average molecular weight is 220 g/mol. The Labute approximate surface area is 91.8 Å². The highest BCUT2D eigenvalue weighted by Crippen LogP contribution is 2.20. The van der Waals surface area contributed by atoms with E-state index in [4.69, 9.17) is 0 Å². The first-order chi connectivity index (χ1) is 7.42. The number of fused-ring (bicyclic) bond motifs is 1. The van der Waals surface area contributed by atoms with Crippen LogP contribution in [0.25, 0.3) is 10.5 Å². The number of hydrogen-bond donors (Lipinski definition) is 1. The van der Waals surface area contributed by atoms with E-state index in [1.54, 1.807) is 23.7 Å². The molecule has 3 heterocycles. The topological polar surface area (TPSA) is 50.7 Å². The lowest BCUT2D eigenvalue weighted by Crippen LogP contribution is -2.23. The Morgan fingerprint density at radius 1 is 1.40 bits per heavy atom. The Kier molecular flexibility index (Phi) is 2.34. The third kappa shape index (κ3) is 1.85. The molecule has 0 saturated carbocycles. The van der Waals surface area contributed by atoms with Crippen LogP contribution in [0.1, 0.15) is 17.8 Å². The van der Waals surface area contributed by atoms with Crippen molar-refractivity contribution in [1.82, 2.24) is 20.3 Å². The minimum absolute atomic E-state index is 0.602. The highest BCUT2D eigenvalue weighted by molar-refractivity contribution is 7.18. The van der Waals surface area contributed by atoms with Crippen LogP contribution in [0.4, 0.5) is 0 Å². The quantitative estimate of drug-likeness (QED) is 0.830. The molecule has 1 fully saturated rings. The predicted octanol–water partition coefficient (Wildman–Crippen LogP) is 1.38. The molecule has 0 aliphatic carbocycles. The van der Waals surface area contributed by atoms with Gasteiger partial charge in [-0.1, -0.05) is 11.3 Å². The summed E-state index contributed by atoms with van der Waals surface area (Å²) in [5.74, 6) is 0. The third-order valence-corrected chi connectivity index (χ3v) is 3.65. The summed E-state index contributed by atoms with van der Waals surface area (Å²) in [5, 5.41) is 4.62. The van der Waals surface area contributed by atoms with Gasteiger partial charge in [0.2, 0.25) is 0 Å². The van der Waals surface area contributed by atoms with Gasteiger partial charge in [0.15, 0.2) is 10.5 Å². The average Bonchev–Trinajstić information content (AvgIpc) is 2.86. The Morgan fingerprint density at radius 2 is 2.33 bits per heavy atom. The monoisotopic (exact) mass is 220 g/mol. The lowest BCUT2D eigenvalue weighted by atomic mass is 10.2. The fraction of sp³-hybridized carbons (Fsp3) is 0.500. The Balaban J connectivity index is 1.84. The molecule has 1 aliphatic heterocycles. The Morgan fingerprint density at radius 3 is 3.13 bits per heavy atom. The summed E-state index contributed by atoms with van der Waals surface area (Å²) in [5.41, 5.74) is 0.787. The second-order valence-corrected chi connectivity index (χ2v) is 4.85. The summed E-state index contributed by atoms with van der Waals surface area (Å²) < 4.78 is 0. The van der Waals surface area contributed by atoms with E-state index in [2.05, 4.69) is 20.3 Å². The number of aromatic nitrogens is 3. The van der Waals surface area contributed by atoms with Crippen LogP contribution >= 0.6 is 11.3 Å². The predicted molar refractivity (Wildman–Crippen MR) is 59.9 cm³/mol. The van der Waals surface area contributed by atoms with E-state index in [0.717, 1.165) is 28.5 Å². The standard InChI is InChI=1S/C10H12N4S/c1-2-7(11-3-1)6-8-14-9-10(15-8)13-5-4-12-9/h4-5,7,11H,1-3,6H2. The van der Waals surface area contributed by atoms with Gasteiger partial charge in [-0.25, -0.2) is 15.0 Å². The van der Waals surface area contributed by atoms with Crippen LogP contribution in [0.5, 0.6) is 0 Å². The minimum Gasteiger partial charge on any atom is -0.314 e. The van der Waals surface area contributed by atoms with Gasteiger partial charge in [-0.05, 0) is 19.4 Å². The molecule has 2 aromatic rings. The first-order valence-corrected chi connectivity index (χ1v) is 6.03. The largest absolute Gasteiger partial charge is 0.314 e. The van der Waals surface area contributed by atoms with E-state index in [1.807, 2.05) is 0 Å². The van der Waals surface area contributed by atoms with Gasteiger partial charge in [-0.3, -0.25) is 0 Å². The summed E-state index contributed by atoms with van der Waals surface area (Å²) in [6.45, 7) is 1.14. The molecule has 1 atom stereocenters. The molecule has 5 heteroatoms. The first-order valence-electron chi connectivity index (χ1n) is 5.21. The van der Waals surface area contributed by atoms with Gasteiger partial charge < -0.3 is 5.32 Å². The van der Waals surface area contributed by atoms with E-state index in [-0.39, 0.29) is 0 Å². The molecule has 3 rings (SSSR count). The maximum Gasteiger partial charge on any atom is 0.189 e. The van der Waals surface area contributed by atoms with Crippen LogP contribution in [0.15, 0.2) is 12.4 Å². The molecule has 0 bridgehead atoms. The van der Waals surface area contributed by atoms with E-state index >= 15 is 0 Å². The molecule has 0 spiro atoms. The van der Waals surface area contributed by atoms with Gasteiger partial charge in [0.1, 0.15) is 0 Å². The fourth-order valence-electron chi connectivity index (χ4n) is 1.95. The molecule has 0 amide bonds. The van der Waals surface area contributed by atoms with Crippen molar-refractivity contribution in [2.24, 2.45) is 0 Å². The molecule has 1 N–H and O–H groups in total. The van der Waals surface area contributed by atoms with Gasteiger partial charge in [-0.2, -0.15) is 0 Å². The SMILES string of the molecule is c1cnc2sc(CC3CCCN3)nc2n1. The molecule has 0 aromatic carbocycles. The number of hydrogen-bond acceptors (Lipinski definition) is 5. The lowest BCUT2D eigenvalue weighted by Gasteiger charge is -2.05. The van der Waals surface area contributed by atoms with Gasteiger partial charge in [0.25, 0.3) is 0 Å². The maximum atomic E-state index is 4.48. The zero-order chi connectivity index (χ0) is 10.1. The number of nitrogens with zero attached hydrogens (tertiary/aromatic N) is 3. The molecule has 15 heavy (non-hydrogen) atoms. The number of rotatable bonds is 2. The number of thiazole rings is 1. The van der Waals surface area contributed by atoms with E-state index in [0.29, 0.717) is 6.04 Å². The van der Waals surface area contributed by atoms with Crippen molar-refractivity contribution in [2.45, 2.75) is 25.3 Å². The number of nitrogens with one attached hydrogen (secondary N) is 1. The normalized spacial score (nSPS) is 21.2. The summed E-state index contributed by atoms with van der Waals surface area (Å²) in [6.07, 6.45) is 6.98. The molecule has 1 aliphatic rings. The van der Waals surface area contributed by atoms with Crippen molar-refractivity contribution in [3.8, 4) is 0 Å². The molecule has 2 aromatic heterocycles. The van der Waals surface area contributed by atoms with Crippen LogP contribution in [-0.2, 0) is 6.42 Å². The first kappa shape index (κ1) is 9.18. The Hall–Kier alpha value is -1.07. The van der Waals surface area contributed by atoms with Crippen LogP contribution < -0.4 is 5.32 Å². The Bertz CT molecular complexity index is 428. The molecule has 78 valence electrons. The second kappa shape index (κ2) is 3.83. The van der Waals surface area contributed by atoms with E-state index < -0.39 is 0 Å². The van der Waals surface area contributed by atoms with Crippen molar-refractivity contribution in [2.75, 3.05) is 6.54 Å².